The minimum Gasteiger partial charge on any atom is -0.459 e. The maximum atomic E-state index is 16.5. The van der Waals surface area contributed by atoms with E-state index >= 15 is 9.59 Å². The van der Waals surface area contributed by atoms with Crippen LogP contribution in [0.3, 0.4) is 0 Å². The second-order valence-electron chi connectivity index (χ2n) is 22.1. The molecule has 1 heterocycles. The molecule has 79 heavy (non-hydrogen) atoms. The summed E-state index contributed by atoms with van der Waals surface area (Å²) in [5.74, 6) is -6.35. The summed E-state index contributed by atoms with van der Waals surface area (Å²) < 4.78 is 61.0. The quantitative estimate of drug-likeness (QED) is 0.0484. The van der Waals surface area contributed by atoms with Gasteiger partial charge in [-0.05, 0) is 71.1 Å². The van der Waals surface area contributed by atoms with Crippen molar-refractivity contribution in [1.29, 1.82) is 0 Å². The summed E-state index contributed by atoms with van der Waals surface area (Å²) in [6.45, 7) is 11.5. The van der Waals surface area contributed by atoms with Gasteiger partial charge in [0.2, 0.25) is 7.59 Å². The molecule has 11 atom stereocenters. The molecule has 1 aliphatic heterocycles. The fourth-order valence-electron chi connectivity index (χ4n) is 11.7. The first-order valence-electron chi connectivity index (χ1n) is 25.9. The third kappa shape index (κ3) is 14.8. The molecule has 0 aromatic heterocycles. The summed E-state index contributed by atoms with van der Waals surface area (Å²) in [5, 5.41) is 17.0. The van der Waals surface area contributed by atoms with Crippen molar-refractivity contribution in [2.24, 2.45) is 22.7 Å². The molecule has 0 radical (unpaired) electrons. The molecule has 0 unspecified atom stereocenters. The molecule has 1 aromatic rings. The predicted molar refractivity (Wildman–Crippen MR) is 286 cm³/mol. The van der Waals surface area contributed by atoms with Gasteiger partial charge in [0.1, 0.15) is 48.8 Å². The summed E-state index contributed by atoms with van der Waals surface area (Å²) in [5.41, 5.74) is -9.55. The van der Waals surface area contributed by atoms with Gasteiger partial charge in [0, 0.05) is 31.8 Å². The number of Topliss-reactive ketones (excluding diaryl/α,β-unsaturated/α-hetero) is 1. The molecule has 3 saturated carbocycles. The normalized spacial score (nSPS) is 29.5. The first kappa shape index (κ1) is 64.6. The van der Waals surface area contributed by atoms with E-state index in [1.165, 1.54) is 27.7 Å². The molecule has 1 aromatic carbocycles. The first-order valence-corrected chi connectivity index (χ1v) is 28.2. The van der Waals surface area contributed by atoms with Gasteiger partial charge in [-0.3, -0.25) is 14.4 Å². The Morgan fingerprint density at radius 2 is 1.46 bits per heavy atom. The molecular formula is C53H69Cl6NO19. The molecule has 2 N–H and O–H groups in total. The largest absolute Gasteiger partial charge is 0.509 e. The van der Waals surface area contributed by atoms with E-state index in [0.29, 0.717) is 37.9 Å². The van der Waals surface area contributed by atoms with Crippen LogP contribution in [-0.2, 0) is 71.3 Å². The van der Waals surface area contributed by atoms with Crippen LogP contribution in [0.15, 0.2) is 41.5 Å². The lowest BCUT2D eigenvalue weighted by Crippen LogP contribution is -2.82. The van der Waals surface area contributed by atoms with Crippen LogP contribution in [0.1, 0.15) is 119 Å². The minimum atomic E-state index is -2.57. The van der Waals surface area contributed by atoms with Gasteiger partial charge in [0.25, 0.3) is 0 Å². The third-order valence-corrected chi connectivity index (χ3v) is 16.0. The lowest BCUT2D eigenvalue weighted by molar-refractivity contribution is -0.347. The highest BCUT2D eigenvalue weighted by molar-refractivity contribution is 6.68. The Labute approximate surface area is 488 Å². The smallest absolute Gasteiger partial charge is 0.459 e. The number of hydrogen-bond donors (Lipinski definition) is 2. The molecule has 5 aliphatic rings. The van der Waals surface area contributed by atoms with Gasteiger partial charge in [-0.25, -0.2) is 19.2 Å². The molecule has 1 saturated heterocycles. The summed E-state index contributed by atoms with van der Waals surface area (Å²) in [7, 11) is 0. The summed E-state index contributed by atoms with van der Waals surface area (Å²) in [6.07, 6.45) is -12.5. The topological polar surface area (TPSA) is 253 Å². The van der Waals surface area contributed by atoms with Crippen LogP contribution < -0.4 is 5.32 Å². The van der Waals surface area contributed by atoms with E-state index in [1.54, 1.807) is 58.0 Å². The van der Waals surface area contributed by atoms with Crippen molar-refractivity contribution in [1.82, 2.24) is 5.32 Å². The van der Waals surface area contributed by atoms with Crippen molar-refractivity contribution in [3.05, 3.63) is 47.0 Å². The number of carbonyl (C=O) groups excluding carboxylic acids is 7. The number of esters is 3. The van der Waals surface area contributed by atoms with Crippen molar-refractivity contribution < 1.29 is 90.8 Å². The minimum absolute atomic E-state index is 0.00249. The number of fused-ring (bicyclic) bond motifs is 5. The first-order chi connectivity index (χ1) is 36.7. The molecule has 26 heteroatoms. The number of alkyl halides is 6. The van der Waals surface area contributed by atoms with E-state index in [2.05, 4.69) is 5.32 Å². The van der Waals surface area contributed by atoms with Crippen molar-refractivity contribution >= 4 is 112 Å². The Bertz CT molecular complexity index is 2440. The molecule has 1 amide bonds. The lowest BCUT2D eigenvalue weighted by Gasteiger charge is -2.67. The molecule has 2 bridgehead atoms. The van der Waals surface area contributed by atoms with Gasteiger partial charge < -0.3 is 62.5 Å². The van der Waals surface area contributed by atoms with Crippen molar-refractivity contribution in [3.63, 3.8) is 0 Å². The summed E-state index contributed by atoms with van der Waals surface area (Å²) in [4.78, 5) is 102. The third-order valence-electron chi connectivity index (χ3n) is 15.3. The Hall–Kier alpha value is -3.57. The Balaban J connectivity index is 1.62. The SMILES string of the molecule is CCOCCO[C@@H](C(=O)O[C@H]1C[C@@]2(O)[C@@H](OC(=O)C3CCCCC3)[C@@H]3[C@]4(OC(C)=O)CO[C@@H]4C[C@H](OC(=O)OCC(Cl)(Cl)Cl)[C@@]3(C)C(=O)[C@H](OC(=O)OCC(Cl)(Cl)Cl)C(=C1C)C2(C)C)[C@@H](NC(=O)OC(C)(C)C)c1ccccc1. The fraction of sp³-hybridized carbons (Fsp3) is 0.717. The molecule has 442 valence electrons. The predicted octanol–water partition coefficient (Wildman–Crippen LogP) is 9.65. The van der Waals surface area contributed by atoms with E-state index in [9.17, 15) is 29.1 Å². The number of benzene rings is 1. The zero-order valence-corrected chi connectivity index (χ0v) is 49.9. The van der Waals surface area contributed by atoms with Crippen LogP contribution in [0.4, 0.5) is 14.4 Å². The Kier molecular flexibility index (Phi) is 20.9. The number of carbonyl (C=O) groups is 7. The van der Waals surface area contributed by atoms with E-state index in [4.69, 9.17) is 122 Å². The van der Waals surface area contributed by atoms with Gasteiger partial charge in [0.05, 0.1) is 43.1 Å². The van der Waals surface area contributed by atoms with Gasteiger partial charge >= 0.3 is 36.3 Å². The van der Waals surface area contributed by atoms with Crippen molar-refractivity contribution in [2.75, 3.05) is 39.6 Å². The molecule has 4 fully saturated rings. The number of aliphatic hydroxyl groups is 1. The number of rotatable bonds is 17. The molecular weight excluding hydrogens is 1170 g/mol. The van der Waals surface area contributed by atoms with Crippen LogP contribution in [0, 0.1) is 22.7 Å². The van der Waals surface area contributed by atoms with Crippen LogP contribution in [0.25, 0.3) is 0 Å². The number of ketones is 1. The van der Waals surface area contributed by atoms with E-state index in [-0.39, 0.29) is 24.4 Å². The maximum absolute atomic E-state index is 16.5. The van der Waals surface area contributed by atoms with E-state index in [1.807, 2.05) is 0 Å². The fourth-order valence-corrected chi connectivity index (χ4v) is 12.0. The van der Waals surface area contributed by atoms with E-state index in [0.717, 1.165) is 13.3 Å². The van der Waals surface area contributed by atoms with Gasteiger partial charge in [-0.1, -0.05) is 133 Å². The summed E-state index contributed by atoms with van der Waals surface area (Å²) >= 11 is 35.7. The number of alkyl carbamates (subject to hydrolysis) is 1. The van der Waals surface area contributed by atoms with Gasteiger partial charge in [-0.15, -0.1) is 0 Å². The van der Waals surface area contributed by atoms with Crippen molar-refractivity contribution in [2.45, 2.75) is 174 Å². The number of nitrogens with one attached hydrogen (secondary N) is 1. The highest BCUT2D eigenvalue weighted by atomic mass is 35.6. The maximum Gasteiger partial charge on any atom is 0.509 e. The zero-order chi connectivity index (χ0) is 58.7. The second kappa shape index (κ2) is 25.5. The number of halogens is 6. The lowest BCUT2D eigenvalue weighted by atomic mass is 9.44. The van der Waals surface area contributed by atoms with Crippen molar-refractivity contribution in [3.8, 4) is 0 Å². The van der Waals surface area contributed by atoms with Gasteiger partial charge in [0.15, 0.2) is 23.6 Å². The number of hydrogen-bond acceptors (Lipinski definition) is 19. The molecule has 0 spiro atoms. The standard InChI is InChI=1S/C53H69Cl6NO19/c1-10-69-21-22-70-38(36(30-17-13-11-14-18-30)60-44(65)79-47(4,5)6)43(64)74-32-24-51(68)41(77-42(63)31-19-15-12-16-20-31)39-49(9,40(62)37(35(28(32)2)48(51,7)8)76-46(67)73-27-53(57,58)59)33(75-45(66)72-26-52(54,55)56)23-34-50(39,25-71-34)78-29(3)61/h11,13-14,17-18,31-34,36-39,41,68H,10,12,15-16,19-27H2,1-9H3,(H,60,65)/t32-,33-,34+,36-,37+,38+,39-,41-,49+,50-,51+/m0/s1. The highest BCUT2D eigenvalue weighted by Gasteiger charge is 2.79. The average molecular weight is 1240 g/mol. The van der Waals surface area contributed by atoms with Gasteiger partial charge in [-0.2, -0.15) is 0 Å². The van der Waals surface area contributed by atoms with Crippen LogP contribution in [-0.4, -0.2) is 148 Å². The highest BCUT2D eigenvalue weighted by Crippen LogP contribution is 2.65. The number of ether oxygens (including phenoxy) is 11. The zero-order valence-electron chi connectivity index (χ0n) is 45.3. The monoisotopic (exact) mass is 1230 g/mol. The van der Waals surface area contributed by atoms with Crippen LogP contribution >= 0.6 is 69.6 Å². The average Bonchev–Trinajstić information content (AvgIpc) is 3.19. The Morgan fingerprint density at radius 1 is 0.848 bits per heavy atom. The van der Waals surface area contributed by atoms with Crippen LogP contribution in [0.2, 0.25) is 0 Å². The van der Waals surface area contributed by atoms with E-state index < -0.39 is 164 Å². The Morgan fingerprint density at radius 3 is 2.00 bits per heavy atom. The molecule has 20 nitrogen and oxygen atoms in total. The number of amides is 1. The van der Waals surface area contributed by atoms with Crippen LogP contribution in [0.5, 0.6) is 0 Å². The second-order valence-corrected chi connectivity index (χ2v) is 27.1. The molecule has 4 aliphatic carbocycles. The molecule has 6 rings (SSSR count). The summed E-state index contributed by atoms with van der Waals surface area (Å²) in [6, 6.07) is 7.05.